The molecule has 0 atom stereocenters. The molecular formula is C9H6Br2N2. The van der Waals surface area contributed by atoms with Crippen LogP contribution >= 0.6 is 31.9 Å². The highest BCUT2D eigenvalue weighted by atomic mass is 79.9. The van der Waals surface area contributed by atoms with Gasteiger partial charge in [-0.05, 0) is 18.2 Å². The van der Waals surface area contributed by atoms with Crippen molar-refractivity contribution in [3.8, 4) is 0 Å². The van der Waals surface area contributed by atoms with Gasteiger partial charge in [-0.2, -0.15) is 0 Å². The molecule has 66 valence electrons. The van der Waals surface area contributed by atoms with Crippen LogP contribution in [0.15, 0.2) is 33.3 Å². The highest BCUT2D eigenvalue weighted by molar-refractivity contribution is 9.11. The lowest BCUT2D eigenvalue weighted by Crippen LogP contribution is -1.87. The van der Waals surface area contributed by atoms with Crippen LogP contribution < -0.4 is 5.73 Å². The molecule has 0 fully saturated rings. The number of aromatic nitrogens is 1. The van der Waals surface area contributed by atoms with Crippen molar-refractivity contribution in [3.63, 3.8) is 0 Å². The lowest BCUT2D eigenvalue weighted by Gasteiger charge is -2.01. The summed E-state index contributed by atoms with van der Waals surface area (Å²) in [6.45, 7) is 0. The number of hydrogen-bond acceptors (Lipinski definition) is 2. The Kier molecular flexibility index (Phi) is 2.26. The summed E-state index contributed by atoms with van der Waals surface area (Å²) in [7, 11) is 0. The van der Waals surface area contributed by atoms with Crippen molar-refractivity contribution in [2.45, 2.75) is 0 Å². The standard InChI is InChI=1S/C9H6Br2N2/c10-5-1-8(11)7-3-6(12)4-13-9(7)2-5/h1-4H,12H2. The molecule has 2 N–H and O–H groups in total. The SMILES string of the molecule is Nc1cnc2cc(Br)cc(Br)c2c1. The molecule has 1 aromatic carbocycles. The zero-order valence-electron chi connectivity index (χ0n) is 6.59. The fraction of sp³-hybridized carbons (Fsp3) is 0. The molecule has 1 heterocycles. The van der Waals surface area contributed by atoms with E-state index in [0.29, 0.717) is 5.69 Å². The number of rotatable bonds is 0. The minimum Gasteiger partial charge on any atom is -0.397 e. The topological polar surface area (TPSA) is 38.9 Å². The van der Waals surface area contributed by atoms with Crippen LogP contribution in [0, 0.1) is 0 Å². The number of nitrogens with two attached hydrogens (primary N) is 1. The van der Waals surface area contributed by atoms with E-state index in [0.717, 1.165) is 19.8 Å². The first kappa shape index (κ1) is 8.97. The molecule has 13 heavy (non-hydrogen) atoms. The minimum atomic E-state index is 0.676. The van der Waals surface area contributed by atoms with Crippen LogP contribution in [0.1, 0.15) is 0 Å². The van der Waals surface area contributed by atoms with E-state index in [-0.39, 0.29) is 0 Å². The minimum absolute atomic E-state index is 0.676. The first-order valence-electron chi connectivity index (χ1n) is 3.67. The third-order valence-corrected chi connectivity index (χ3v) is 2.85. The van der Waals surface area contributed by atoms with Gasteiger partial charge in [-0.15, -0.1) is 0 Å². The zero-order valence-corrected chi connectivity index (χ0v) is 9.76. The Bertz CT molecular complexity index is 468. The maximum absolute atomic E-state index is 5.64. The van der Waals surface area contributed by atoms with Crippen LogP contribution in [0.5, 0.6) is 0 Å². The van der Waals surface area contributed by atoms with Crippen molar-refractivity contribution in [2.75, 3.05) is 5.73 Å². The van der Waals surface area contributed by atoms with Crippen molar-refractivity contribution in [3.05, 3.63) is 33.3 Å². The van der Waals surface area contributed by atoms with Gasteiger partial charge in [-0.3, -0.25) is 4.98 Å². The van der Waals surface area contributed by atoms with Crippen molar-refractivity contribution in [1.29, 1.82) is 0 Å². The van der Waals surface area contributed by atoms with Gasteiger partial charge < -0.3 is 5.73 Å². The van der Waals surface area contributed by atoms with Gasteiger partial charge in [0.2, 0.25) is 0 Å². The van der Waals surface area contributed by atoms with Crippen molar-refractivity contribution < 1.29 is 0 Å². The summed E-state index contributed by atoms with van der Waals surface area (Å²) >= 11 is 6.86. The fourth-order valence-corrected chi connectivity index (χ4v) is 2.49. The van der Waals surface area contributed by atoms with Crippen molar-refractivity contribution in [2.24, 2.45) is 0 Å². The Labute approximate surface area is 92.4 Å². The van der Waals surface area contributed by atoms with Gasteiger partial charge >= 0.3 is 0 Å². The molecule has 2 nitrogen and oxygen atoms in total. The van der Waals surface area contributed by atoms with E-state index in [1.54, 1.807) is 6.20 Å². The first-order valence-corrected chi connectivity index (χ1v) is 5.26. The number of nitrogens with zero attached hydrogens (tertiary/aromatic N) is 1. The van der Waals surface area contributed by atoms with Gasteiger partial charge in [-0.1, -0.05) is 31.9 Å². The molecule has 0 spiro atoms. The van der Waals surface area contributed by atoms with E-state index in [4.69, 9.17) is 5.73 Å². The van der Waals surface area contributed by atoms with Gasteiger partial charge in [0.25, 0.3) is 0 Å². The Balaban J connectivity index is 2.87. The number of hydrogen-bond donors (Lipinski definition) is 1. The molecule has 1 aromatic heterocycles. The summed E-state index contributed by atoms with van der Waals surface area (Å²) in [5, 5.41) is 1.03. The van der Waals surface area contributed by atoms with Crippen LogP contribution in [-0.2, 0) is 0 Å². The third kappa shape index (κ3) is 1.69. The number of halogens is 2. The Morgan fingerprint density at radius 3 is 2.69 bits per heavy atom. The number of fused-ring (bicyclic) bond motifs is 1. The van der Waals surface area contributed by atoms with Crippen molar-refractivity contribution >= 4 is 48.5 Å². The molecule has 0 aliphatic rings. The Hall–Kier alpha value is -0.610. The van der Waals surface area contributed by atoms with E-state index in [1.807, 2.05) is 18.2 Å². The summed E-state index contributed by atoms with van der Waals surface area (Å²) < 4.78 is 2.00. The molecule has 0 saturated carbocycles. The first-order chi connectivity index (χ1) is 6.16. The predicted molar refractivity (Wildman–Crippen MR) is 61.6 cm³/mol. The van der Waals surface area contributed by atoms with Gasteiger partial charge in [0.15, 0.2) is 0 Å². The van der Waals surface area contributed by atoms with E-state index >= 15 is 0 Å². The zero-order chi connectivity index (χ0) is 9.42. The maximum atomic E-state index is 5.64. The van der Waals surface area contributed by atoms with Crippen LogP contribution in [0.4, 0.5) is 5.69 Å². The van der Waals surface area contributed by atoms with Crippen LogP contribution in [0.3, 0.4) is 0 Å². The average Bonchev–Trinajstić information content (AvgIpc) is 2.06. The smallest absolute Gasteiger partial charge is 0.0726 e. The van der Waals surface area contributed by atoms with Crippen molar-refractivity contribution in [1.82, 2.24) is 4.98 Å². The molecule has 0 unspecified atom stereocenters. The molecule has 0 aliphatic heterocycles. The van der Waals surface area contributed by atoms with Crippen LogP contribution in [0.2, 0.25) is 0 Å². The molecule has 0 radical (unpaired) electrons. The maximum Gasteiger partial charge on any atom is 0.0726 e. The second-order valence-corrected chi connectivity index (χ2v) is 4.49. The molecule has 0 saturated heterocycles. The Morgan fingerprint density at radius 1 is 1.15 bits per heavy atom. The van der Waals surface area contributed by atoms with Gasteiger partial charge in [0.05, 0.1) is 17.4 Å². The highest BCUT2D eigenvalue weighted by Crippen LogP contribution is 2.28. The summed E-state index contributed by atoms with van der Waals surface area (Å²) in [4.78, 5) is 4.22. The number of benzene rings is 1. The number of anilines is 1. The summed E-state index contributed by atoms with van der Waals surface area (Å²) in [5.74, 6) is 0. The monoisotopic (exact) mass is 300 g/mol. The summed E-state index contributed by atoms with van der Waals surface area (Å²) in [6, 6.07) is 5.84. The summed E-state index contributed by atoms with van der Waals surface area (Å²) in [5.41, 5.74) is 7.24. The second kappa shape index (κ2) is 3.27. The predicted octanol–water partition coefficient (Wildman–Crippen LogP) is 3.34. The lowest BCUT2D eigenvalue weighted by atomic mass is 10.2. The molecular weight excluding hydrogens is 296 g/mol. The molecule has 2 aromatic rings. The second-order valence-electron chi connectivity index (χ2n) is 2.72. The van der Waals surface area contributed by atoms with Crippen LogP contribution in [-0.4, -0.2) is 4.98 Å². The van der Waals surface area contributed by atoms with Gasteiger partial charge in [-0.25, -0.2) is 0 Å². The molecule has 4 heteroatoms. The largest absolute Gasteiger partial charge is 0.397 e. The Morgan fingerprint density at radius 2 is 1.92 bits per heavy atom. The molecule has 2 rings (SSSR count). The van der Waals surface area contributed by atoms with E-state index in [2.05, 4.69) is 36.8 Å². The van der Waals surface area contributed by atoms with E-state index in [1.165, 1.54) is 0 Å². The molecule has 0 bridgehead atoms. The van der Waals surface area contributed by atoms with E-state index in [9.17, 15) is 0 Å². The van der Waals surface area contributed by atoms with Gasteiger partial charge in [0, 0.05) is 14.3 Å². The quantitative estimate of drug-likeness (QED) is 0.810. The summed E-state index contributed by atoms with van der Waals surface area (Å²) in [6.07, 6.45) is 1.65. The third-order valence-electron chi connectivity index (χ3n) is 1.74. The number of pyridine rings is 1. The van der Waals surface area contributed by atoms with E-state index < -0.39 is 0 Å². The van der Waals surface area contributed by atoms with Crippen LogP contribution in [0.25, 0.3) is 10.9 Å². The fourth-order valence-electron chi connectivity index (χ4n) is 1.17. The molecule has 0 aliphatic carbocycles. The molecule has 0 amide bonds. The normalized spacial score (nSPS) is 10.6. The number of nitrogen functional groups attached to an aromatic ring is 1. The highest BCUT2D eigenvalue weighted by Gasteiger charge is 2.01. The average molecular weight is 302 g/mol. The lowest BCUT2D eigenvalue weighted by molar-refractivity contribution is 1.40. The van der Waals surface area contributed by atoms with Gasteiger partial charge in [0.1, 0.15) is 0 Å².